The highest BCUT2D eigenvalue weighted by molar-refractivity contribution is 5.92. The molecule has 0 spiro atoms. The summed E-state index contributed by atoms with van der Waals surface area (Å²) in [6, 6.07) is 17.1. The number of fused-ring (bicyclic) bond motifs is 1. The summed E-state index contributed by atoms with van der Waals surface area (Å²) in [5.41, 5.74) is 4.90. The van der Waals surface area contributed by atoms with Gasteiger partial charge in [-0.3, -0.25) is 14.6 Å². The zero-order chi connectivity index (χ0) is 19.3. The second-order valence-electron chi connectivity index (χ2n) is 7.80. The van der Waals surface area contributed by atoms with E-state index in [9.17, 15) is 4.79 Å². The van der Waals surface area contributed by atoms with Crippen LogP contribution in [0.15, 0.2) is 48.5 Å². The van der Waals surface area contributed by atoms with Crippen molar-refractivity contribution in [3.05, 3.63) is 65.2 Å². The number of amides is 1. The standard InChI is InChI=1S/C23H29N3O2/c1-25(22-11-8-19-4-2-3-5-21(19)22)17-23(27)24-20-9-6-18(7-10-20)16-26-12-14-28-15-13-26/h2-7,9-10,22H,8,11-17H2,1H3,(H,24,27)/t22-/m1/s1. The number of hydrogen-bond donors (Lipinski definition) is 1. The Morgan fingerprint density at radius 3 is 2.68 bits per heavy atom. The first-order chi connectivity index (χ1) is 13.7. The Kier molecular flexibility index (Phi) is 6.05. The molecule has 1 N–H and O–H groups in total. The van der Waals surface area contributed by atoms with E-state index in [0.717, 1.165) is 51.4 Å². The molecule has 5 nitrogen and oxygen atoms in total. The van der Waals surface area contributed by atoms with Crippen LogP contribution in [0.1, 0.15) is 29.2 Å². The van der Waals surface area contributed by atoms with Gasteiger partial charge in [-0.25, -0.2) is 0 Å². The molecule has 2 aromatic rings. The van der Waals surface area contributed by atoms with Crippen molar-refractivity contribution in [3.63, 3.8) is 0 Å². The third-order valence-corrected chi connectivity index (χ3v) is 5.77. The highest BCUT2D eigenvalue weighted by Crippen LogP contribution is 2.34. The molecule has 4 rings (SSSR count). The molecule has 148 valence electrons. The number of likely N-dealkylation sites (N-methyl/N-ethyl adjacent to an activating group) is 1. The predicted molar refractivity (Wildman–Crippen MR) is 111 cm³/mol. The Bertz CT molecular complexity index is 800. The Labute approximate surface area is 167 Å². The van der Waals surface area contributed by atoms with Gasteiger partial charge in [0.25, 0.3) is 0 Å². The van der Waals surface area contributed by atoms with Crippen molar-refractivity contribution in [2.45, 2.75) is 25.4 Å². The molecule has 0 saturated carbocycles. The van der Waals surface area contributed by atoms with E-state index >= 15 is 0 Å². The number of ether oxygens (including phenoxy) is 1. The lowest BCUT2D eigenvalue weighted by molar-refractivity contribution is -0.117. The van der Waals surface area contributed by atoms with Crippen LogP contribution in [0.2, 0.25) is 0 Å². The van der Waals surface area contributed by atoms with Gasteiger partial charge in [-0.15, -0.1) is 0 Å². The van der Waals surface area contributed by atoms with E-state index < -0.39 is 0 Å². The van der Waals surface area contributed by atoms with Gasteiger partial charge in [0.1, 0.15) is 0 Å². The van der Waals surface area contributed by atoms with Gasteiger partial charge in [-0.2, -0.15) is 0 Å². The Balaban J connectivity index is 1.29. The molecule has 1 saturated heterocycles. The molecule has 0 radical (unpaired) electrons. The lowest BCUT2D eigenvalue weighted by Crippen LogP contribution is -2.35. The summed E-state index contributed by atoms with van der Waals surface area (Å²) in [4.78, 5) is 17.1. The van der Waals surface area contributed by atoms with Crippen LogP contribution in [-0.2, 0) is 22.5 Å². The average molecular weight is 380 g/mol. The molecule has 1 aliphatic heterocycles. The quantitative estimate of drug-likeness (QED) is 0.838. The summed E-state index contributed by atoms with van der Waals surface area (Å²) < 4.78 is 5.40. The Morgan fingerprint density at radius 1 is 1.14 bits per heavy atom. The highest BCUT2D eigenvalue weighted by atomic mass is 16.5. The van der Waals surface area contributed by atoms with Gasteiger partial charge in [0.05, 0.1) is 19.8 Å². The molecule has 1 amide bonds. The number of morpholine rings is 1. The SMILES string of the molecule is CN(CC(=O)Nc1ccc(CN2CCOCC2)cc1)[C@@H]1CCc2ccccc21. The minimum Gasteiger partial charge on any atom is -0.379 e. The highest BCUT2D eigenvalue weighted by Gasteiger charge is 2.26. The van der Waals surface area contributed by atoms with E-state index in [-0.39, 0.29) is 5.91 Å². The fourth-order valence-corrected chi connectivity index (χ4v) is 4.24. The largest absolute Gasteiger partial charge is 0.379 e. The number of rotatable bonds is 6. The smallest absolute Gasteiger partial charge is 0.238 e. The van der Waals surface area contributed by atoms with Crippen LogP contribution >= 0.6 is 0 Å². The number of hydrogen-bond acceptors (Lipinski definition) is 4. The van der Waals surface area contributed by atoms with Crippen LogP contribution in [0.3, 0.4) is 0 Å². The summed E-state index contributed by atoms with van der Waals surface area (Å²) in [5, 5.41) is 3.04. The first-order valence-electron chi connectivity index (χ1n) is 10.2. The Hall–Kier alpha value is -2.21. The van der Waals surface area contributed by atoms with Crippen molar-refractivity contribution in [1.82, 2.24) is 9.80 Å². The van der Waals surface area contributed by atoms with E-state index in [4.69, 9.17) is 4.74 Å². The van der Waals surface area contributed by atoms with Gasteiger partial charge in [-0.05, 0) is 48.7 Å². The maximum absolute atomic E-state index is 12.5. The summed E-state index contributed by atoms with van der Waals surface area (Å²) in [7, 11) is 2.04. The first-order valence-corrected chi connectivity index (χ1v) is 10.2. The summed E-state index contributed by atoms with van der Waals surface area (Å²) in [6.45, 7) is 4.92. The number of aryl methyl sites for hydroxylation is 1. The van der Waals surface area contributed by atoms with Crippen LogP contribution < -0.4 is 5.32 Å². The zero-order valence-electron chi connectivity index (χ0n) is 16.6. The molecule has 5 heteroatoms. The van der Waals surface area contributed by atoms with Gasteiger partial charge in [0.15, 0.2) is 0 Å². The van der Waals surface area contributed by atoms with Crippen LogP contribution in [0, 0.1) is 0 Å². The molecule has 28 heavy (non-hydrogen) atoms. The van der Waals surface area contributed by atoms with Crippen molar-refractivity contribution in [2.75, 3.05) is 45.2 Å². The topological polar surface area (TPSA) is 44.8 Å². The fourth-order valence-electron chi connectivity index (χ4n) is 4.24. The molecule has 1 fully saturated rings. The van der Waals surface area contributed by atoms with Crippen LogP contribution in [0.4, 0.5) is 5.69 Å². The number of anilines is 1. The normalized spacial score (nSPS) is 19.6. The molecule has 1 aliphatic carbocycles. The van der Waals surface area contributed by atoms with Gasteiger partial charge in [-0.1, -0.05) is 36.4 Å². The lowest BCUT2D eigenvalue weighted by Gasteiger charge is -2.26. The third-order valence-electron chi connectivity index (χ3n) is 5.77. The minimum atomic E-state index is 0.0350. The van der Waals surface area contributed by atoms with Crippen molar-refractivity contribution in [3.8, 4) is 0 Å². The average Bonchev–Trinajstić information content (AvgIpc) is 3.14. The minimum absolute atomic E-state index is 0.0350. The van der Waals surface area contributed by atoms with E-state index in [2.05, 4.69) is 51.5 Å². The van der Waals surface area contributed by atoms with Crippen LogP contribution in [0.5, 0.6) is 0 Å². The van der Waals surface area contributed by atoms with E-state index in [1.165, 1.54) is 16.7 Å². The van der Waals surface area contributed by atoms with Crippen molar-refractivity contribution >= 4 is 11.6 Å². The summed E-state index contributed by atoms with van der Waals surface area (Å²) in [6.07, 6.45) is 2.18. The molecule has 2 aliphatic rings. The first kappa shape index (κ1) is 19.1. The molecular formula is C23H29N3O2. The summed E-state index contributed by atoms with van der Waals surface area (Å²) >= 11 is 0. The van der Waals surface area contributed by atoms with Gasteiger partial charge in [0, 0.05) is 31.4 Å². The number of benzene rings is 2. The Morgan fingerprint density at radius 2 is 1.89 bits per heavy atom. The van der Waals surface area contributed by atoms with Crippen molar-refractivity contribution < 1.29 is 9.53 Å². The van der Waals surface area contributed by atoms with Crippen LogP contribution in [0.25, 0.3) is 0 Å². The number of carbonyl (C=O) groups is 1. The van der Waals surface area contributed by atoms with E-state index in [1.54, 1.807) is 0 Å². The van der Waals surface area contributed by atoms with E-state index in [0.29, 0.717) is 12.6 Å². The molecule has 0 bridgehead atoms. The molecule has 1 atom stereocenters. The third kappa shape index (κ3) is 4.61. The molecule has 0 aromatic heterocycles. The number of nitrogens with zero attached hydrogens (tertiary/aromatic N) is 2. The lowest BCUT2D eigenvalue weighted by atomic mass is 10.1. The molecule has 0 unspecified atom stereocenters. The fraction of sp³-hybridized carbons (Fsp3) is 0.435. The molecule has 1 heterocycles. The maximum atomic E-state index is 12.5. The van der Waals surface area contributed by atoms with Crippen molar-refractivity contribution in [1.29, 1.82) is 0 Å². The van der Waals surface area contributed by atoms with Gasteiger partial charge >= 0.3 is 0 Å². The number of carbonyl (C=O) groups excluding carboxylic acids is 1. The monoisotopic (exact) mass is 379 g/mol. The summed E-state index contributed by atoms with van der Waals surface area (Å²) in [5.74, 6) is 0.0350. The van der Waals surface area contributed by atoms with Gasteiger partial charge < -0.3 is 10.1 Å². The predicted octanol–water partition coefficient (Wildman–Crippen LogP) is 3.08. The molecular weight excluding hydrogens is 350 g/mol. The second kappa shape index (κ2) is 8.86. The molecule has 2 aromatic carbocycles. The van der Waals surface area contributed by atoms with E-state index in [1.807, 2.05) is 19.2 Å². The second-order valence-corrected chi connectivity index (χ2v) is 7.80. The maximum Gasteiger partial charge on any atom is 0.238 e. The number of nitrogens with one attached hydrogen (secondary N) is 1. The van der Waals surface area contributed by atoms with Gasteiger partial charge in [0.2, 0.25) is 5.91 Å². The zero-order valence-corrected chi connectivity index (χ0v) is 16.6. The van der Waals surface area contributed by atoms with Crippen molar-refractivity contribution in [2.24, 2.45) is 0 Å². The van der Waals surface area contributed by atoms with Crippen LogP contribution in [-0.4, -0.2) is 55.6 Å².